The number of hydrogen-bond donors (Lipinski definition) is 4. The molecular weight excluding hydrogens is 523 g/mol. The highest BCUT2D eigenvalue weighted by Gasteiger charge is 2.25. The molecule has 0 atom stereocenters. The minimum atomic E-state index is -5.12. The van der Waals surface area contributed by atoms with Crippen molar-refractivity contribution >= 4 is 76.0 Å². The Morgan fingerprint density at radius 1 is 0.710 bits per heavy atom. The fourth-order valence-corrected chi connectivity index (χ4v) is 4.81. The Morgan fingerprint density at radius 3 is 1.65 bits per heavy atom. The Balaban J connectivity index is 2.49. The van der Waals surface area contributed by atoms with Crippen molar-refractivity contribution in [1.82, 2.24) is 15.0 Å². The van der Waals surface area contributed by atoms with Crippen molar-refractivity contribution in [3.05, 3.63) is 34.8 Å². The Morgan fingerprint density at radius 2 is 1.19 bits per heavy atom. The molecule has 13 nitrogen and oxygen atoms in total. The van der Waals surface area contributed by atoms with Crippen LogP contribution in [-0.2, 0) is 30.4 Å². The number of rotatable bonds is 5. The van der Waals surface area contributed by atoms with E-state index in [2.05, 4.69) is 20.3 Å². The first-order valence-corrected chi connectivity index (χ1v) is 12.5. The fourth-order valence-electron chi connectivity index (χ4n) is 2.52. The molecule has 0 spiro atoms. The minimum Gasteiger partial charge on any atom is -0.323 e. The van der Waals surface area contributed by atoms with Gasteiger partial charge in [0, 0.05) is 5.39 Å². The number of hydrogen-bond acceptors (Lipinski definition) is 10. The van der Waals surface area contributed by atoms with Gasteiger partial charge in [-0.3, -0.25) is 13.7 Å². The molecule has 0 saturated carbocycles. The lowest BCUT2D eigenvalue weighted by atomic mass is 10.1. The fraction of sp³-hybridized carbons (Fsp3) is 0. The molecule has 0 aliphatic carbocycles. The van der Waals surface area contributed by atoms with E-state index in [1.807, 2.05) is 0 Å². The lowest BCUT2D eigenvalue weighted by Gasteiger charge is -2.14. The lowest BCUT2D eigenvalue weighted by molar-refractivity contribution is 0.480. The molecule has 3 aromatic rings. The molecule has 0 saturated heterocycles. The van der Waals surface area contributed by atoms with Crippen molar-refractivity contribution in [3.8, 4) is 0 Å². The van der Waals surface area contributed by atoms with Crippen LogP contribution in [0.2, 0.25) is 10.6 Å². The molecule has 1 heterocycles. The second-order valence-corrected chi connectivity index (χ2v) is 10.6. The lowest BCUT2D eigenvalue weighted by Crippen LogP contribution is -2.08. The molecule has 0 aliphatic heterocycles. The minimum absolute atomic E-state index is 0.388. The van der Waals surface area contributed by atoms with Crippen LogP contribution >= 0.6 is 23.2 Å². The first kappa shape index (κ1) is 23.5. The van der Waals surface area contributed by atoms with Crippen LogP contribution in [-0.4, -0.2) is 53.9 Å². The maximum atomic E-state index is 11.9. The van der Waals surface area contributed by atoms with E-state index in [1.54, 1.807) is 0 Å². The van der Waals surface area contributed by atoms with Gasteiger partial charge in [0.15, 0.2) is 0 Å². The number of halogens is 2. The summed E-state index contributed by atoms with van der Waals surface area (Å²) in [6.07, 6.45) is 0. The smallest absolute Gasteiger partial charge is 0.295 e. The molecule has 3 rings (SSSR count). The third kappa shape index (κ3) is 5.18. The maximum Gasteiger partial charge on any atom is 0.295 e. The summed E-state index contributed by atoms with van der Waals surface area (Å²) in [5, 5.41) is 0.783. The molecule has 0 radical (unpaired) electrons. The van der Waals surface area contributed by atoms with E-state index in [0.717, 1.165) is 6.07 Å². The second-order valence-electron chi connectivity index (χ2n) is 5.74. The molecule has 31 heavy (non-hydrogen) atoms. The van der Waals surface area contributed by atoms with Crippen LogP contribution in [0.25, 0.3) is 10.8 Å². The number of nitrogens with zero attached hydrogens (tertiary/aromatic N) is 3. The zero-order chi connectivity index (χ0) is 23.4. The van der Waals surface area contributed by atoms with Gasteiger partial charge in [0.05, 0.1) is 15.5 Å². The molecule has 0 fully saturated rings. The highest BCUT2D eigenvalue weighted by Crippen LogP contribution is 2.36. The summed E-state index contributed by atoms with van der Waals surface area (Å²) in [6, 6.07) is 2.63. The van der Waals surface area contributed by atoms with Crippen molar-refractivity contribution in [2.75, 3.05) is 5.32 Å². The van der Waals surface area contributed by atoms with Crippen LogP contribution in [0.3, 0.4) is 0 Å². The van der Waals surface area contributed by atoms with E-state index in [-0.39, 0.29) is 16.5 Å². The van der Waals surface area contributed by atoms with Crippen molar-refractivity contribution in [2.45, 2.75) is 14.7 Å². The van der Waals surface area contributed by atoms with E-state index in [4.69, 9.17) is 23.2 Å². The topological polar surface area (TPSA) is 214 Å². The van der Waals surface area contributed by atoms with Crippen molar-refractivity contribution in [3.63, 3.8) is 0 Å². The van der Waals surface area contributed by atoms with Gasteiger partial charge in [-0.1, -0.05) is 0 Å². The summed E-state index contributed by atoms with van der Waals surface area (Å²) in [4.78, 5) is 8.02. The molecule has 0 aliphatic rings. The monoisotopic (exact) mass is 530 g/mol. The summed E-state index contributed by atoms with van der Waals surface area (Å²) >= 11 is 11.3. The zero-order valence-electron chi connectivity index (χ0n) is 14.4. The number of anilines is 2. The number of nitrogens with one attached hydrogen (secondary N) is 1. The van der Waals surface area contributed by atoms with Crippen LogP contribution < -0.4 is 5.32 Å². The second kappa shape index (κ2) is 7.75. The summed E-state index contributed by atoms with van der Waals surface area (Å²) in [7, 11) is -15.0. The zero-order valence-corrected chi connectivity index (χ0v) is 18.4. The molecule has 0 amide bonds. The standard InChI is InChI=1S/C13H8Cl2N4O9S3/c14-11-17-12(15)19-13(18-11)16-8-3-6(29(20,21)22)1-5-2-7(30(23,24)25)4-9(10(5)8)31(26,27)28/h1-4H,(H,20,21,22)(H,23,24,25)(H,26,27,28)(H,16,17,18,19). The van der Waals surface area contributed by atoms with Gasteiger partial charge in [0.25, 0.3) is 30.4 Å². The van der Waals surface area contributed by atoms with E-state index in [0.29, 0.717) is 18.2 Å². The Labute approximate surface area is 184 Å². The molecule has 0 bridgehead atoms. The maximum absolute atomic E-state index is 11.9. The van der Waals surface area contributed by atoms with Gasteiger partial charge >= 0.3 is 0 Å². The molecule has 0 unspecified atom stereocenters. The summed E-state index contributed by atoms with van der Waals surface area (Å²) < 4.78 is 98.5. The van der Waals surface area contributed by atoms with E-state index >= 15 is 0 Å². The van der Waals surface area contributed by atoms with Gasteiger partial charge in [0.2, 0.25) is 16.5 Å². The van der Waals surface area contributed by atoms with Crippen molar-refractivity contribution in [1.29, 1.82) is 0 Å². The average Bonchev–Trinajstić information content (AvgIpc) is 2.57. The van der Waals surface area contributed by atoms with Crippen molar-refractivity contribution < 1.29 is 38.9 Å². The van der Waals surface area contributed by atoms with Crippen LogP contribution in [0.15, 0.2) is 39.0 Å². The van der Waals surface area contributed by atoms with E-state index in [1.165, 1.54) is 0 Å². The average molecular weight is 531 g/mol. The van der Waals surface area contributed by atoms with Crippen LogP contribution in [0.4, 0.5) is 11.6 Å². The van der Waals surface area contributed by atoms with Gasteiger partial charge < -0.3 is 5.32 Å². The summed E-state index contributed by atoms with van der Waals surface area (Å²) in [5.74, 6) is -0.390. The molecule has 18 heteroatoms. The van der Waals surface area contributed by atoms with Gasteiger partial charge in [0.1, 0.15) is 4.90 Å². The van der Waals surface area contributed by atoms with Gasteiger partial charge in [-0.25, -0.2) is 0 Å². The number of fused-ring (bicyclic) bond motifs is 1. The molecule has 1 aromatic heterocycles. The highest BCUT2D eigenvalue weighted by molar-refractivity contribution is 7.87. The first-order chi connectivity index (χ1) is 14.1. The van der Waals surface area contributed by atoms with Gasteiger partial charge in [-0.05, 0) is 52.9 Å². The molecule has 2 aromatic carbocycles. The molecule has 166 valence electrons. The third-order valence-electron chi connectivity index (χ3n) is 3.66. The Hall–Kier alpha value is -2.18. The SMILES string of the molecule is O=S(=O)(O)c1cc(Nc2nc(Cl)nc(Cl)n2)c2c(S(=O)(=O)O)cc(S(=O)(=O)O)cc2c1. The predicted molar refractivity (Wildman–Crippen MR) is 107 cm³/mol. The predicted octanol–water partition coefficient (Wildman–Crippen LogP) is 1.82. The summed E-state index contributed by atoms with van der Waals surface area (Å²) in [6.45, 7) is 0. The Bertz CT molecular complexity index is 1530. The van der Waals surface area contributed by atoms with Crippen LogP contribution in [0, 0.1) is 0 Å². The normalized spacial score (nSPS) is 12.8. The highest BCUT2D eigenvalue weighted by atomic mass is 35.5. The van der Waals surface area contributed by atoms with Gasteiger partial charge in [-0.2, -0.15) is 40.2 Å². The first-order valence-electron chi connectivity index (χ1n) is 7.44. The van der Waals surface area contributed by atoms with Crippen LogP contribution in [0.5, 0.6) is 0 Å². The molecular formula is C13H8Cl2N4O9S3. The Kier molecular flexibility index (Phi) is 5.87. The third-order valence-corrected chi connectivity index (χ3v) is 6.54. The van der Waals surface area contributed by atoms with Crippen molar-refractivity contribution in [2.24, 2.45) is 0 Å². The van der Waals surface area contributed by atoms with Gasteiger partial charge in [-0.15, -0.1) is 0 Å². The quantitative estimate of drug-likeness (QED) is 0.346. The molecule has 4 N–H and O–H groups in total. The van der Waals surface area contributed by atoms with Crippen LogP contribution in [0.1, 0.15) is 0 Å². The number of benzene rings is 2. The largest absolute Gasteiger partial charge is 0.323 e. The van der Waals surface area contributed by atoms with E-state index in [9.17, 15) is 38.9 Å². The number of aromatic nitrogens is 3. The van der Waals surface area contributed by atoms with E-state index < -0.39 is 61.5 Å². The summed E-state index contributed by atoms with van der Waals surface area (Å²) in [5.41, 5.74) is -0.419.